The van der Waals surface area contributed by atoms with Gasteiger partial charge in [0.15, 0.2) is 0 Å². The fourth-order valence-corrected chi connectivity index (χ4v) is 1.59. The molecule has 0 aliphatic carbocycles. The average molecular weight is 247 g/mol. The first kappa shape index (κ1) is 16.8. The third-order valence-corrected chi connectivity index (χ3v) is 2.86. The van der Waals surface area contributed by atoms with E-state index in [1.165, 1.54) is 0 Å². The molecule has 0 saturated carbocycles. The van der Waals surface area contributed by atoms with Crippen LogP contribution in [-0.4, -0.2) is 61.7 Å². The molecule has 0 aliphatic rings. The Morgan fingerprint density at radius 1 is 1.24 bits per heavy atom. The van der Waals surface area contributed by atoms with Gasteiger partial charge in [0.2, 0.25) is 0 Å². The molecule has 0 saturated heterocycles. The van der Waals surface area contributed by atoms with Gasteiger partial charge in [0.05, 0.1) is 25.4 Å². The lowest BCUT2D eigenvalue weighted by Crippen LogP contribution is -2.42. The second-order valence-corrected chi connectivity index (χ2v) is 4.78. The summed E-state index contributed by atoms with van der Waals surface area (Å²) in [6.45, 7) is 10.9. The van der Waals surface area contributed by atoms with Crippen molar-refractivity contribution in [2.75, 3.05) is 33.4 Å². The van der Waals surface area contributed by atoms with Crippen molar-refractivity contribution in [1.29, 1.82) is 0 Å². The number of hydrogen-bond donors (Lipinski definition) is 1. The van der Waals surface area contributed by atoms with Crippen LogP contribution >= 0.6 is 0 Å². The lowest BCUT2D eigenvalue weighted by Gasteiger charge is -2.30. The fraction of sp³-hybridized carbons (Fsp3) is 1.00. The van der Waals surface area contributed by atoms with Crippen LogP contribution in [0.15, 0.2) is 0 Å². The predicted molar refractivity (Wildman–Crippen MR) is 70.3 cm³/mol. The van der Waals surface area contributed by atoms with Crippen molar-refractivity contribution in [3.05, 3.63) is 0 Å². The Hall–Kier alpha value is -0.160. The molecule has 0 spiro atoms. The molecule has 4 heteroatoms. The fourth-order valence-electron chi connectivity index (χ4n) is 1.59. The van der Waals surface area contributed by atoms with E-state index < -0.39 is 6.10 Å². The SMILES string of the molecule is CCC(C)N(CCOC)CC(O)COC(C)C. The summed E-state index contributed by atoms with van der Waals surface area (Å²) in [6, 6.07) is 0.457. The van der Waals surface area contributed by atoms with Crippen LogP contribution in [0.5, 0.6) is 0 Å². The van der Waals surface area contributed by atoms with E-state index in [0.29, 0.717) is 25.8 Å². The molecule has 0 heterocycles. The molecule has 4 nitrogen and oxygen atoms in total. The Morgan fingerprint density at radius 3 is 2.35 bits per heavy atom. The van der Waals surface area contributed by atoms with E-state index in [-0.39, 0.29) is 6.10 Å². The highest BCUT2D eigenvalue weighted by Crippen LogP contribution is 2.05. The summed E-state index contributed by atoms with van der Waals surface area (Å²) in [6.07, 6.45) is 0.811. The Morgan fingerprint density at radius 2 is 1.88 bits per heavy atom. The maximum absolute atomic E-state index is 9.90. The van der Waals surface area contributed by atoms with Gasteiger partial charge in [0, 0.05) is 26.2 Å². The van der Waals surface area contributed by atoms with Crippen molar-refractivity contribution in [2.45, 2.75) is 52.4 Å². The zero-order chi connectivity index (χ0) is 13.3. The maximum atomic E-state index is 9.90. The quantitative estimate of drug-likeness (QED) is 0.635. The van der Waals surface area contributed by atoms with E-state index >= 15 is 0 Å². The summed E-state index contributed by atoms with van der Waals surface area (Å²) in [7, 11) is 1.70. The Labute approximate surface area is 106 Å². The molecule has 104 valence electrons. The van der Waals surface area contributed by atoms with Crippen molar-refractivity contribution in [2.24, 2.45) is 0 Å². The third kappa shape index (κ3) is 8.55. The molecule has 1 N–H and O–H groups in total. The number of methoxy groups -OCH3 is 1. The highest BCUT2D eigenvalue weighted by molar-refractivity contribution is 4.70. The van der Waals surface area contributed by atoms with Gasteiger partial charge in [-0.15, -0.1) is 0 Å². The summed E-state index contributed by atoms with van der Waals surface area (Å²) in [4.78, 5) is 2.25. The van der Waals surface area contributed by atoms with E-state index in [2.05, 4.69) is 18.7 Å². The normalized spacial score (nSPS) is 15.5. The topological polar surface area (TPSA) is 41.9 Å². The second-order valence-electron chi connectivity index (χ2n) is 4.78. The predicted octanol–water partition coefficient (Wildman–Crippen LogP) is 1.52. The van der Waals surface area contributed by atoms with Crippen LogP contribution in [0.1, 0.15) is 34.1 Å². The van der Waals surface area contributed by atoms with Gasteiger partial charge >= 0.3 is 0 Å². The Balaban J connectivity index is 4.03. The number of rotatable bonds is 10. The minimum Gasteiger partial charge on any atom is -0.389 e. The Bertz CT molecular complexity index is 176. The second kappa shape index (κ2) is 9.83. The monoisotopic (exact) mass is 247 g/mol. The van der Waals surface area contributed by atoms with Crippen molar-refractivity contribution in [3.8, 4) is 0 Å². The van der Waals surface area contributed by atoms with Crippen molar-refractivity contribution in [3.63, 3.8) is 0 Å². The van der Waals surface area contributed by atoms with E-state index in [4.69, 9.17) is 9.47 Å². The number of hydrogen-bond acceptors (Lipinski definition) is 4. The molecule has 0 amide bonds. The minimum atomic E-state index is -0.428. The van der Waals surface area contributed by atoms with E-state index in [9.17, 15) is 5.11 Å². The van der Waals surface area contributed by atoms with Gasteiger partial charge in [0.25, 0.3) is 0 Å². The van der Waals surface area contributed by atoms with Crippen molar-refractivity contribution in [1.82, 2.24) is 4.90 Å². The molecule has 0 fully saturated rings. The van der Waals surface area contributed by atoms with Crippen LogP contribution in [0.2, 0.25) is 0 Å². The first-order valence-electron chi connectivity index (χ1n) is 6.53. The first-order chi connectivity index (χ1) is 8.01. The highest BCUT2D eigenvalue weighted by atomic mass is 16.5. The molecule has 0 aliphatic heterocycles. The summed E-state index contributed by atoms with van der Waals surface area (Å²) in [5, 5.41) is 9.90. The Kier molecular flexibility index (Phi) is 9.74. The molecule has 17 heavy (non-hydrogen) atoms. The molecule has 0 rings (SSSR count). The van der Waals surface area contributed by atoms with Crippen LogP contribution in [0.25, 0.3) is 0 Å². The minimum absolute atomic E-state index is 0.167. The van der Waals surface area contributed by atoms with Crippen LogP contribution in [0.3, 0.4) is 0 Å². The van der Waals surface area contributed by atoms with E-state index in [0.717, 1.165) is 13.0 Å². The lowest BCUT2D eigenvalue weighted by molar-refractivity contribution is -0.0166. The number of aliphatic hydroxyl groups is 1. The van der Waals surface area contributed by atoms with Crippen LogP contribution in [0, 0.1) is 0 Å². The molecule has 0 aromatic carbocycles. The van der Waals surface area contributed by atoms with E-state index in [1.54, 1.807) is 7.11 Å². The number of nitrogens with zero attached hydrogens (tertiary/aromatic N) is 1. The highest BCUT2D eigenvalue weighted by Gasteiger charge is 2.16. The summed E-state index contributed by atoms with van der Waals surface area (Å²) >= 11 is 0. The maximum Gasteiger partial charge on any atom is 0.0900 e. The zero-order valence-electron chi connectivity index (χ0n) is 12.0. The smallest absolute Gasteiger partial charge is 0.0900 e. The van der Waals surface area contributed by atoms with Crippen LogP contribution in [0.4, 0.5) is 0 Å². The molecule has 0 bridgehead atoms. The summed E-state index contributed by atoms with van der Waals surface area (Å²) < 4.78 is 10.5. The molecule has 0 aromatic heterocycles. The largest absolute Gasteiger partial charge is 0.389 e. The molecule has 2 unspecified atom stereocenters. The summed E-state index contributed by atoms with van der Waals surface area (Å²) in [5.41, 5.74) is 0. The van der Waals surface area contributed by atoms with Crippen molar-refractivity contribution >= 4 is 0 Å². The lowest BCUT2D eigenvalue weighted by atomic mass is 10.2. The average Bonchev–Trinajstić information content (AvgIpc) is 2.30. The molecule has 0 aromatic rings. The van der Waals surface area contributed by atoms with Gasteiger partial charge in [0.1, 0.15) is 0 Å². The van der Waals surface area contributed by atoms with Gasteiger partial charge in [-0.3, -0.25) is 4.90 Å². The molecular formula is C13H29NO3. The van der Waals surface area contributed by atoms with Gasteiger partial charge in [-0.05, 0) is 27.2 Å². The summed E-state index contributed by atoms with van der Waals surface area (Å²) in [5.74, 6) is 0. The molecule has 0 radical (unpaired) electrons. The zero-order valence-corrected chi connectivity index (χ0v) is 12.0. The van der Waals surface area contributed by atoms with Crippen molar-refractivity contribution < 1.29 is 14.6 Å². The van der Waals surface area contributed by atoms with Crippen LogP contribution < -0.4 is 0 Å². The van der Waals surface area contributed by atoms with Gasteiger partial charge < -0.3 is 14.6 Å². The first-order valence-corrected chi connectivity index (χ1v) is 6.53. The molecular weight excluding hydrogens is 218 g/mol. The number of ether oxygens (including phenoxy) is 2. The standard InChI is InChI=1S/C13H29NO3/c1-6-12(4)14(7-8-16-5)9-13(15)10-17-11(2)3/h11-13,15H,6-10H2,1-5H3. The molecule has 2 atom stereocenters. The van der Waals surface area contributed by atoms with Gasteiger partial charge in [-0.25, -0.2) is 0 Å². The van der Waals surface area contributed by atoms with Crippen LogP contribution in [-0.2, 0) is 9.47 Å². The third-order valence-electron chi connectivity index (χ3n) is 2.86. The van der Waals surface area contributed by atoms with Gasteiger partial charge in [-0.2, -0.15) is 0 Å². The van der Waals surface area contributed by atoms with E-state index in [1.807, 2.05) is 13.8 Å². The number of aliphatic hydroxyl groups excluding tert-OH is 1. The van der Waals surface area contributed by atoms with Gasteiger partial charge in [-0.1, -0.05) is 6.92 Å².